The first-order valence-electron chi connectivity index (χ1n) is 12.6. The zero-order valence-electron chi connectivity index (χ0n) is 22.6. The van der Waals surface area contributed by atoms with E-state index in [1.54, 1.807) is 43.3 Å². The van der Waals surface area contributed by atoms with Crippen molar-refractivity contribution < 1.29 is 38.5 Å². The molecule has 2 atom stereocenters. The highest BCUT2D eigenvalue weighted by molar-refractivity contribution is 5.89. The van der Waals surface area contributed by atoms with Gasteiger partial charge < -0.3 is 25.1 Å². The number of aliphatic carboxylic acids is 1. The maximum atomic E-state index is 12.4. The van der Waals surface area contributed by atoms with Crippen molar-refractivity contribution >= 4 is 23.9 Å². The lowest BCUT2D eigenvalue weighted by molar-refractivity contribution is -0.144. The summed E-state index contributed by atoms with van der Waals surface area (Å²) in [6.45, 7) is 9.05. The van der Waals surface area contributed by atoms with Gasteiger partial charge >= 0.3 is 23.9 Å². The predicted molar refractivity (Wildman–Crippen MR) is 141 cm³/mol. The molecule has 0 saturated carbocycles. The summed E-state index contributed by atoms with van der Waals surface area (Å²) in [7, 11) is 0. The smallest absolute Gasteiger partial charge is 0.338 e. The van der Waals surface area contributed by atoms with Crippen LogP contribution in [0.2, 0.25) is 0 Å². The normalized spacial score (nSPS) is 13.5. The second-order valence-electron chi connectivity index (χ2n) is 10.3. The Bertz CT molecular complexity index is 1130. The molecule has 2 aromatic rings. The van der Waals surface area contributed by atoms with Crippen molar-refractivity contribution in [3.63, 3.8) is 0 Å². The molecule has 0 bridgehead atoms. The molecule has 9 nitrogen and oxygen atoms in total. The number of ether oxygens (including phenoxy) is 3. The summed E-state index contributed by atoms with van der Waals surface area (Å²) in [5.41, 5.74) is 5.27. The van der Waals surface area contributed by atoms with Crippen LogP contribution in [0.1, 0.15) is 69.8 Å². The molecule has 0 aliphatic carbocycles. The molecule has 0 radical (unpaired) electrons. The first-order chi connectivity index (χ1) is 17.8. The molecule has 9 heteroatoms. The summed E-state index contributed by atoms with van der Waals surface area (Å²) in [5, 5.41) is 9.94. The number of carbonyl (C=O) groups is 4. The van der Waals surface area contributed by atoms with Crippen molar-refractivity contribution in [1.82, 2.24) is 0 Å². The van der Waals surface area contributed by atoms with Crippen molar-refractivity contribution in [2.45, 2.75) is 71.9 Å². The molecule has 3 N–H and O–H groups in total. The van der Waals surface area contributed by atoms with Crippen LogP contribution in [0.5, 0.6) is 11.5 Å². The zero-order valence-corrected chi connectivity index (χ0v) is 22.6. The van der Waals surface area contributed by atoms with Gasteiger partial charge in [0.1, 0.15) is 11.6 Å². The number of benzene rings is 2. The van der Waals surface area contributed by atoms with Crippen LogP contribution in [0.4, 0.5) is 0 Å². The van der Waals surface area contributed by atoms with Gasteiger partial charge in [-0.25, -0.2) is 4.79 Å². The number of rotatable bonds is 13. The van der Waals surface area contributed by atoms with Crippen molar-refractivity contribution in [2.75, 3.05) is 0 Å². The lowest BCUT2D eigenvalue weighted by atomic mass is 9.86. The van der Waals surface area contributed by atoms with E-state index < -0.39 is 35.5 Å². The van der Waals surface area contributed by atoms with E-state index in [4.69, 9.17) is 19.9 Å². The number of carboxylic acid groups (broad SMARTS) is 1. The van der Waals surface area contributed by atoms with Crippen molar-refractivity contribution in [3.05, 3.63) is 59.7 Å². The third-order valence-electron chi connectivity index (χ3n) is 5.52. The van der Waals surface area contributed by atoms with Gasteiger partial charge in [0.25, 0.3) is 0 Å². The van der Waals surface area contributed by atoms with Gasteiger partial charge in [-0.1, -0.05) is 52.0 Å². The van der Waals surface area contributed by atoms with E-state index in [0.717, 1.165) is 0 Å². The molecule has 0 aromatic heterocycles. The highest BCUT2D eigenvalue weighted by Gasteiger charge is 2.37. The molecule has 2 rings (SSSR count). The van der Waals surface area contributed by atoms with Gasteiger partial charge in [0.2, 0.25) is 0 Å². The van der Waals surface area contributed by atoms with E-state index in [-0.39, 0.29) is 49.0 Å². The van der Waals surface area contributed by atoms with Crippen LogP contribution in [0.3, 0.4) is 0 Å². The Morgan fingerprint density at radius 3 is 1.92 bits per heavy atom. The van der Waals surface area contributed by atoms with Gasteiger partial charge in [-0.05, 0) is 48.6 Å². The molecule has 0 spiro atoms. The van der Waals surface area contributed by atoms with Gasteiger partial charge in [-0.3, -0.25) is 14.4 Å². The fraction of sp³-hybridized carbons (Fsp3) is 0.448. The van der Waals surface area contributed by atoms with Crippen LogP contribution >= 0.6 is 0 Å². The maximum Gasteiger partial charge on any atom is 0.338 e. The van der Waals surface area contributed by atoms with Crippen LogP contribution in [-0.2, 0) is 25.5 Å². The summed E-state index contributed by atoms with van der Waals surface area (Å²) in [6.07, 6.45) is -0.822. The summed E-state index contributed by atoms with van der Waals surface area (Å²) >= 11 is 0. The number of carbonyl (C=O) groups excluding carboxylic acids is 3. The Morgan fingerprint density at radius 1 is 0.842 bits per heavy atom. The zero-order chi connectivity index (χ0) is 28.5. The van der Waals surface area contributed by atoms with E-state index >= 15 is 0 Å². The number of nitrogens with two attached hydrogens (primary N) is 1. The lowest BCUT2D eigenvalue weighted by Crippen LogP contribution is -2.52. The van der Waals surface area contributed by atoms with Crippen LogP contribution in [0.15, 0.2) is 48.5 Å². The lowest BCUT2D eigenvalue weighted by Gasteiger charge is -2.28. The summed E-state index contributed by atoms with van der Waals surface area (Å²) < 4.78 is 16.3. The van der Waals surface area contributed by atoms with E-state index in [1.807, 2.05) is 27.7 Å². The molecule has 0 saturated heterocycles. The number of esters is 3. The minimum Gasteiger partial charge on any atom is -0.480 e. The van der Waals surface area contributed by atoms with E-state index in [9.17, 15) is 24.3 Å². The maximum absolute atomic E-state index is 12.4. The molecule has 0 fully saturated rings. The Hall–Kier alpha value is -3.72. The third-order valence-corrected chi connectivity index (χ3v) is 5.52. The number of hydrogen-bond donors (Lipinski definition) is 2. The van der Waals surface area contributed by atoms with Gasteiger partial charge in [-0.15, -0.1) is 0 Å². The Morgan fingerprint density at radius 2 is 1.39 bits per heavy atom. The fourth-order valence-electron chi connectivity index (χ4n) is 3.80. The highest BCUT2D eigenvalue weighted by atomic mass is 16.6. The average molecular weight is 528 g/mol. The molecule has 38 heavy (non-hydrogen) atoms. The summed E-state index contributed by atoms with van der Waals surface area (Å²) in [5.74, 6) is -2.70. The van der Waals surface area contributed by atoms with Gasteiger partial charge in [-0.2, -0.15) is 0 Å². The molecule has 0 aliphatic heterocycles. The molecule has 0 heterocycles. The van der Waals surface area contributed by atoms with Crippen molar-refractivity contribution in [1.29, 1.82) is 0 Å². The van der Waals surface area contributed by atoms with Crippen LogP contribution < -0.4 is 15.2 Å². The number of hydrogen-bond acceptors (Lipinski definition) is 8. The van der Waals surface area contributed by atoms with Crippen molar-refractivity contribution in [3.8, 4) is 11.5 Å². The molecule has 2 aromatic carbocycles. The first kappa shape index (κ1) is 30.5. The minimum absolute atomic E-state index is 0.00143. The largest absolute Gasteiger partial charge is 0.480 e. The summed E-state index contributed by atoms with van der Waals surface area (Å²) in [4.78, 5) is 49.2. The Labute approximate surface area is 223 Å². The second kappa shape index (κ2) is 13.7. The molecular weight excluding hydrogens is 490 g/mol. The topological polar surface area (TPSA) is 142 Å². The fourth-order valence-corrected chi connectivity index (χ4v) is 3.80. The highest BCUT2D eigenvalue weighted by Crippen LogP contribution is 2.32. The molecule has 0 amide bonds. The third kappa shape index (κ3) is 9.63. The SMILES string of the molecule is CC(C)CC(=O)Oc1ccc(CC(N)(C[C@H](C)OC(=O)c2ccccc2)C(=O)O)cc1OC(=O)CC(C)C. The van der Waals surface area contributed by atoms with E-state index in [2.05, 4.69) is 0 Å². The predicted octanol–water partition coefficient (Wildman–Crippen LogP) is 4.55. The first-order valence-corrected chi connectivity index (χ1v) is 12.6. The van der Waals surface area contributed by atoms with Gasteiger partial charge in [0, 0.05) is 25.7 Å². The van der Waals surface area contributed by atoms with E-state index in [1.165, 1.54) is 12.1 Å². The van der Waals surface area contributed by atoms with E-state index in [0.29, 0.717) is 11.1 Å². The van der Waals surface area contributed by atoms with Crippen LogP contribution in [0.25, 0.3) is 0 Å². The molecular formula is C29H37NO8. The number of carboxylic acids is 1. The summed E-state index contributed by atoms with van der Waals surface area (Å²) in [6, 6.07) is 12.8. The van der Waals surface area contributed by atoms with Crippen LogP contribution in [-0.4, -0.2) is 40.6 Å². The average Bonchev–Trinajstić information content (AvgIpc) is 2.80. The molecule has 0 aliphatic rings. The monoisotopic (exact) mass is 527 g/mol. The quantitative estimate of drug-likeness (QED) is 0.283. The Balaban J connectivity index is 2.25. The van der Waals surface area contributed by atoms with Crippen LogP contribution in [0, 0.1) is 11.8 Å². The second-order valence-corrected chi connectivity index (χ2v) is 10.3. The minimum atomic E-state index is -1.80. The van der Waals surface area contributed by atoms with Crippen molar-refractivity contribution in [2.24, 2.45) is 17.6 Å². The van der Waals surface area contributed by atoms with Gasteiger partial charge in [0.15, 0.2) is 11.5 Å². The van der Waals surface area contributed by atoms with Gasteiger partial charge in [0.05, 0.1) is 5.56 Å². The molecule has 206 valence electrons. The molecule has 1 unspecified atom stereocenters. The standard InChI is InChI=1S/C29H37NO8/c1-18(2)13-25(31)37-23-12-11-21(15-24(23)38-26(32)14-19(3)4)17-29(30,28(34)35)16-20(5)36-27(33)22-9-7-6-8-10-22/h6-12,15,18-20H,13-14,16-17,30H2,1-5H3,(H,34,35)/t20-,29?/m0/s1. The Kier molecular flexibility index (Phi) is 11.0.